The van der Waals surface area contributed by atoms with Gasteiger partial charge in [-0.2, -0.15) is 17.5 Å². The molecule has 0 aliphatic heterocycles. The van der Waals surface area contributed by atoms with Crippen LogP contribution >= 0.6 is 0 Å². The Morgan fingerprint density at radius 2 is 2.00 bits per heavy atom. The van der Waals surface area contributed by atoms with Gasteiger partial charge in [-0.3, -0.25) is 14.6 Å². The Morgan fingerprint density at radius 3 is 2.48 bits per heavy atom. The van der Waals surface area contributed by atoms with E-state index in [0.29, 0.717) is 10.4 Å². The SMILES string of the molecule is CC(=O)NCCN(C(C)C(=O)O)S(=O)(=O)c1cccnc1C(F)(F)F. The molecule has 0 bridgehead atoms. The summed E-state index contributed by atoms with van der Waals surface area (Å²) in [6.45, 7) is 1.37. The topological polar surface area (TPSA) is 117 Å². The highest BCUT2D eigenvalue weighted by Crippen LogP contribution is 2.33. The van der Waals surface area contributed by atoms with Crippen LogP contribution in [0.5, 0.6) is 0 Å². The van der Waals surface area contributed by atoms with Crippen LogP contribution in [-0.2, 0) is 25.8 Å². The van der Waals surface area contributed by atoms with Crippen LogP contribution in [0.15, 0.2) is 23.2 Å². The molecule has 1 aromatic rings. The number of hydrogen-bond donors (Lipinski definition) is 2. The number of rotatable bonds is 7. The van der Waals surface area contributed by atoms with Crippen molar-refractivity contribution in [3.05, 3.63) is 24.0 Å². The van der Waals surface area contributed by atoms with Crippen molar-refractivity contribution >= 4 is 21.9 Å². The number of carboxylic acid groups (broad SMARTS) is 1. The molecule has 140 valence electrons. The summed E-state index contributed by atoms with van der Waals surface area (Å²) in [5.41, 5.74) is -1.64. The van der Waals surface area contributed by atoms with Crippen molar-refractivity contribution in [1.29, 1.82) is 0 Å². The number of nitrogens with one attached hydrogen (secondary N) is 1. The third kappa shape index (κ3) is 5.13. The molecule has 0 spiro atoms. The summed E-state index contributed by atoms with van der Waals surface area (Å²) >= 11 is 0. The molecular weight excluding hydrogens is 367 g/mol. The van der Waals surface area contributed by atoms with Gasteiger partial charge < -0.3 is 10.4 Å². The fourth-order valence-corrected chi connectivity index (χ4v) is 3.68. The van der Waals surface area contributed by atoms with Crippen molar-refractivity contribution in [1.82, 2.24) is 14.6 Å². The lowest BCUT2D eigenvalue weighted by Crippen LogP contribution is -2.47. The van der Waals surface area contributed by atoms with Gasteiger partial charge in [0, 0.05) is 26.2 Å². The molecule has 1 atom stereocenters. The van der Waals surface area contributed by atoms with E-state index in [1.165, 1.54) is 0 Å². The van der Waals surface area contributed by atoms with Gasteiger partial charge in [0.15, 0.2) is 5.69 Å². The Bertz CT molecular complexity index is 752. The molecule has 0 aliphatic rings. The second-order valence-electron chi connectivity index (χ2n) is 4.96. The minimum Gasteiger partial charge on any atom is -0.480 e. The molecule has 1 heterocycles. The van der Waals surface area contributed by atoms with Gasteiger partial charge in [-0.15, -0.1) is 0 Å². The summed E-state index contributed by atoms with van der Waals surface area (Å²) in [7, 11) is -4.84. The third-order valence-electron chi connectivity index (χ3n) is 3.12. The average Bonchev–Trinajstić information content (AvgIpc) is 2.49. The van der Waals surface area contributed by atoms with Gasteiger partial charge in [-0.25, -0.2) is 8.42 Å². The van der Waals surface area contributed by atoms with Gasteiger partial charge in [0.2, 0.25) is 15.9 Å². The van der Waals surface area contributed by atoms with E-state index in [4.69, 9.17) is 5.11 Å². The molecule has 0 radical (unpaired) electrons. The Kier molecular flexibility index (Phi) is 6.48. The van der Waals surface area contributed by atoms with E-state index in [2.05, 4.69) is 10.3 Å². The van der Waals surface area contributed by atoms with Crippen molar-refractivity contribution in [2.45, 2.75) is 31.0 Å². The number of aliphatic carboxylic acids is 1. The predicted octanol–water partition coefficient (Wildman–Crippen LogP) is 0.700. The molecule has 12 heteroatoms. The van der Waals surface area contributed by atoms with Crippen molar-refractivity contribution < 1.29 is 36.3 Å². The maximum atomic E-state index is 13.0. The summed E-state index contributed by atoms with van der Waals surface area (Å²) in [6, 6.07) is 0.0464. The normalized spacial score (nSPS) is 13.5. The largest absolute Gasteiger partial charge is 0.480 e. The summed E-state index contributed by atoms with van der Waals surface area (Å²) in [6.07, 6.45) is -4.26. The Morgan fingerprint density at radius 1 is 1.40 bits per heavy atom. The van der Waals surface area contributed by atoms with Gasteiger partial charge >= 0.3 is 12.1 Å². The Balaban J connectivity index is 3.37. The lowest BCUT2D eigenvalue weighted by Gasteiger charge is -2.26. The van der Waals surface area contributed by atoms with Crippen LogP contribution in [0.25, 0.3) is 0 Å². The highest BCUT2D eigenvalue weighted by atomic mass is 32.2. The maximum absolute atomic E-state index is 13.0. The first-order valence-electron chi connectivity index (χ1n) is 6.90. The van der Waals surface area contributed by atoms with Gasteiger partial charge in [-0.05, 0) is 19.1 Å². The minimum atomic E-state index is -5.04. The first-order chi connectivity index (χ1) is 11.4. The molecule has 0 fully saturated rings. The van der Waals surface area contributed by atoms with E-state index in [0.717, 1.165) is 26.1 Å². The van der Waals surface area contributed by atoms with E-state index in [9.17, 15) is 31.2 Å². The zero-order valence-corrected chi connectivity index (χ0v) is 14.1. The number of sulfonamides is 1. The molecule has 1 unspecified atom stereocenters. The fraction of sp³-hybridized carbons (Fsp3) is 0.462. The van der Waals surface area contributed by atoms with Gasteiger partial charge in [-0.1, -0.05) is 0 Å². The molecule has 0 saturated carbocycles. The summed E-state index contributed by atoms with van der Waals surface area (Å²) in [4.78, 5) is 24.0. The number of carbonyl (C=O) groups is 2. The van der Waals surface area contributed by atoms with Crippen LogP contribution in [-0.4, -0.2) is 53.8 Å². The number of nitrogens with zero attached hydrogens (tertiary/aromatic N) is 2. The molecule has 25 heavy (non-hydrogen) atoms. The molecule has 1 amide bonds. The highest BCUT2D eigenvalue weighted by Gasteiger charge is 2.42. The maximum Gasteiger partial charge on any atom is 0.434 e. The molecular formula is C13H16F3N3O5S. The number of amides is 1. The number of alkyl halides is 3. The number of aromatic nitrogens is 1. The molecule has 1 aromatic heterocycles. The van der Waals surface area contributed by atoms with E-state index in [-0.39, 0.29) is 6.54 Å². The van der Waals surface area contributed by atoms with Crippen molar-refractivity contribution in [3.63, 3.8) is 0 Å². The first kappa shape index (κ1) is 20.8. The van der Waals surface area contributed by atoms with Gasteiger partial charge in [0.05, 0.1) is 0 Å². The van der Waals surface area contributed by atoms with Crippen molar-refractivity contribution in [3.8, 4) is 0 Å². The van der Waals surface area contributed by atoms with Gasteiger partial charge in [0.1, 0.15) is 10.9 Å². The van der Waals surface area contributed by atoms with Gasteiger partial charge in [0.25, 0.3) is 0 Å². The summed E-state index contributed by atoms with van der Waals surface area (Å²) in [5.74, 6) is -2.05. The molecule has 2 N–H and O–H groups in total. The van der Waals surface area contributed by atoms with Crippen LogP contribution in [0.2, 0.25) is 0 Å². The fourth-order valence-electron chi connectivity index (χ4n) is 1.93. The lowest BCUT2D eigenvalue weighted by atomic mass is 10.3. The minimum absolute atomic E-state index is 0.270. The standard InChI is InChI=1S/C13H16F3N3O5S/c1-8(12(21)22)19(7-6-17-9(2)20)25(23,24)10-4-3-5-18-11(10)13(14,15)16/h3-5,8H,6-7H2,1-2H3,(H,17,20)(H,21,22). The number of pyridine rings is 1. The number of carboxylic acids is 1. The Labute approximate surface area is 141 Å². The summed E-state index contributed by atoms with van der Waals surface area (Å²) in [5, 5.41) is 11.3. The predicted molar refractivity (Wildman–Crippen MR) is 78.9 cm³/mol. The Hall–Kier alpha value is -2.21. The monoisotopic (exact) mass is 383 g/mol. The van der Waals surface area contributed by atoms with Crippen LogP contribution in [0.3, 0.4) is 0 Å². The second-order valence-corrected chi connectivity index (χ2v) is 6.82. The zero-order chi connectivity index (χ0) is 19.4. The molecule has 8 nitrogen and oxygen atoms in total. The van der Waals surface area contributed by atoms with Crippen molar-refractivity contribution in [2.24, 2.45) is 0 Å². The number of halogens is 3. The first-order valence-corrected chi connectivity index (χ1v) is 8.34. The number of carbonyl (C=O) groups excluding carboxylic acids is 1. The lowest BCUT2D eigenvalue weighted by molar-refractivity contribution is -0.143. The second kappa shape index (κ2) is 7.78. The molecule has 1 rings (SSSR count). The quantitative estimate of drug-likeness (QED) is 0.716. The third-order valence-corrected chi connectivity index (χ3v) is 5.12. The summed E-state index contributed by atoms with van der Waals surface area (Å²) < 4.78 is 64.8. The van der Waals surface area contributed by atoms with Crippen LogP contribution in [0, 0.1) is 0 Å². The molecule has 0 saturated heterocycles. The van der Waals surface area contributed by atoms with Crippen LogP contribution in [0.4, 0.5) is 13.2 Å². The van der Waals surface area contributed by atoms with E-state index in [1.807, 2.05) is 0 Å². The van der Waals surface area contributed by atoms with Crippen LogP contribution in [0.1, 0.15) is 19.5 Å². The average molecular weight is 383 g/mol. The van der Waals surface area contributed by atoms with E-state index >= 15 is 0 Å². The zero-order valence-electron chi connectivity index (χ0n) is 13.2. The van der Waals surface area contributed by atoms with Crippen molar-refractivity contribution in [2.75, 3.05) is 13.1 Å². The van der Waals surface area contributed by atoms with Crippen LogP contribution < -0.4 is 5.32 Å². The van der Waals surface area contributed by atoms with E-state index in [1.54, 1.807) is 0 Å². The molecule has 0 aliphatic carbocycles. The number of hydrogen-bond acceptors (Lipinski definition) is 5. The smallest absolute Gasteiger partial charge is 0.434 e. The highest BCUT2D eigenvalue weighted by molar-refractivity contribution is 7.89. The van der Waals surface area contributed by atoms with E-state index < -0.39 is 51.3 Å². The molecule has 0 aromatic carbocycles.